The Morgan fingerprint density at radius 3 is 2.44 bits per heavy atom. The summed E-state index contributed by atoms with van der Waals surface area (Å²) in [7, 11) is 3.50. The third kappa shape index (κ3) is 4.97. The number of esters is 1. The van der Waals surface area contributed by atoms with Crippen molar-refractivity contribution in [2.75, 3.05) is 14.2 Å². The zero-order chi connectivity index (χ0) is 13.1. The van der Waals surface area contributed by atoms with Crippen LogP contribution < -0.4 is 5.32 Å². The second kappa shape index (κ2) is 6.55. The molecule has 1 saturated carbocycles. The molecule has 2 unspecified atom stereocenters. The molecule has 1 rings (SSSR count). The highest BCUT2D eigenvalue weighted by Crippen LogP contribution is 2.48. The fraction of sp³-hybridized carbons (Fsp3) is 0.933. The van der Waals surface area contributed by atoms with E-state index in [4.69, 9.17) is 4.74 Å². The lowest BCUT2D eigenvalue weighted by atomic mass is 9.61. The zero-order valence-electron chi connectivity index (χ0n) is 11.9. The van der Waals surface area contributed by atoms with E-state index in [0.717, 1.165) is 12.8 Å². The number of methoxy groups -OCH3 is 1. The average Bonchev–Trinajstić information content (AvgIpc) is 2.23. The van der Waals surface area contributed by atoms with E-state index in [9.17, 15) is 4.79 Å². The molecule has 18 heavy (non-hydrogen) atoms. The second-order valence-electron chi connectivity index (χ2n) is 6.62. The zero-order valence-corrected chi connectivity index (χ0v) is 11.9. The van der Waals surface area contributed by atoms with Crippen molar-refractivity contribution in [1.29, 1.82) is 0 Å². The van der Waals surface area contributed by atoms with Crippen LogP contribution in [0, 0.1) is 10.8 Å². The molecular formula is C15H31NO2. The van der Waals surface area contributed by atoms with Crippen molar-refractivity contribution < 1.29 is 9.53 Å². The molecule has 0 aromatic rings. The van der Waals surface area contributed by atoms with Gasteiger partial charge in [0.25, 0.3) is 0 Å². The first-order valence-corrected chi connectivity index (χ1v) is 6.54. The third-order valence-corrected chi connectivity index (χ3v) is 4.01. The topological polar surface area (TPSA) is 38.3 Å². The van der Waals surface area contributed by atoms with Crippen LogP contribution in [-0.4, -0.2) is 26.2 Å². The Morgan fingerprint density at radius 1 is 1.33 bits per heavy atom. The van der Waals surface area contributed by atoms with Gasteiger partial charge in [0.1, 0.15) is 0 Å². The maximum atomic E-state index is 11.3. The summed E-state index contributed by atoms with van der Waals surface area (Å²) in [4.78, 5) is 11.3. The van der Waals surface area contributed by atoms with Crippen molar-refractivity contribution in [2.24, 2.45) is 10.8 Å². The van der Waals surface area contributed by atoms with Crippen molar-refractivity contribution in [3.63, 3.8) is 0 Å². The van der Waals surface area contributed by atoms with Crippen LogP contribution in [0.5, 0.6) is 0 Å². The number of rotatable bonds is 4. The van der Waals surface area contributed by atoms with Gasteiger partial charge in [-0.2, -0.15) is 0 Å². The van der Waals surface area contributed by atoms with Crippen LogP contribution in [0.4, 0.5) is 0 Å². The van der Waals surface area contributed by atoms with E-state index in [1.165, 1.54) is 20.0 Å². The standard InChI is InChI=1S/C14H27NO2.CH4/c1-13(2)8-11(15-4)9-14(3,10-13)7-6-12(16)17-5;/h11,15H,6-10H2,1-5H3;1H4. The largest absolute Gasteiger partial charge is 0.469 e. The summed E-state index contributed by atoms with van der Waals surface area (Å²) >= 11 is 0. The summed E-state index contributed by atoms with van der Waals surface area (Å²) in [6, 6.07) is 0.571. The number of hydrogen-bond acceptors (Lipinski definition) is 3. The van der Waals surface area contributed by atoms with Gasteiger partial charge in [-0.3, -0.25) is 4.79 Å². The van der Waals surface area contributed by atoms with Gasteiger partial charge in [0, 0.05) is 12.5 Å². The van der Waals surface area contributed by atoms with Gasteiger partial charge in [0.15, 0.2) is 0 Å². The summed E-state index contributed by atoms with van der Waals surface area (Å²) in [6.45, 7) is 6.96. The van der Waals surface area contributed by atoms with E-state index in [1.54, 1.807) is 0 Å². The van der Waals surface area contributed by atoms with Gasteiger partial charge >= 0.3 is 5.97 Å². The Hall–Kier alpha value is -0.570. The van der Waals surface area contributed by atoms with E-state index in [0.29, 0.717) is 17.9 Å². The predicted molar refractivity (Wildman–Crippen MR) is 76.6 cm³/mol. The van der Waals surface area contributed by atoms with Crippen LogP contribution in [0.25, 0.3) is 0 Å². The molecule has 0 radical (unpaired) electrons. The molecular weight excluding hydrogens is 226 g/mol. The second-order valence-corrected chi connectivity index (χ2v) is 6.62. The fourth-order valence-electron chi connectivity index (χ4n) is 3.53. The average molecular weight is 257 g/mol. The molecule has 1 N–H and O–H groups in total. The first kappa shape index (κ1) is 17.4. The molecule has 0 aliphatic heterocycles. The Morgan fingerprint density at radius 2 is 1.94 bits per heavy atom. The van der Waals surface area contributed by atoms with E-state index in [-0.39, 0.29) is 18.8 Å². The van der Waals surface area contributed by atoms with Crippen molar-refractivity contribution in [3.05, 3.63) is 0 Å². The summed E-state index contributed by atoms with van der Waals surface area (Å²) in [6.07, 6.45) is 5.04. The van der Waals surface area contributed by atoms with Crippen molar-refractivity contribution in [1.82, 2.24) is 5.32 Å². The minimum atomic E-state index is -0.0874. The molecule has 0 bridgehead atoms. The number of hydrogen-bond donors (Lipinski definition) is 1. The Labute approximate surface area is 113 Å². The van der Waals surface area contributed by atoms with Gasteiger partial charge in [0.05, 0.1) is 7.11 Å². The molecule has 0 amide bonds. The number of ether oxygens (including phenoxy) is 1. The van der Waals surface area contributed by atoms with Crippen LogP contribution in [0.1, 0.15) is 60.3 Å². The number of nitrogens with one attached hydrogen (secondary N) is 1. The summed E-state index contributed by atoms with van der Waals surface area (Å²) in [5.41, 5.74) is 0.612. The molecule has 0 saturated heterocycles. The summed E-state index contributed by atoms with van der Waals surface area (Å²) in [5, 5.41) is 3.40. The highest BCUT2D eigenvalue weighted by atomic mass is 16.5. The van der Waals surface area contributed by atoms with Crippen molar-refractivity contribution >= 4 is 5.97 Å². The van der Waals surface area contributed by atoms with Gasteiger partial charge < -0.3 is 10.1 Å². The van der Waals surface area contributed by atoms with Crippen LogP contribution in [0.2, 0.25) is 0 Å². The molecule has 1 aliphatic carbocycles. The molecule has 0 heterocycles. The molecule has 3 nitrogen and oxygen atoms in total. The van der Waals surface area contributed by atoms with Crippen LogP contribution >= 0.6 is 0 Å². The number of carbonyl (C=O) groups is 1. The molecule has 0 spiro atoms. The lowest BCUT2D eigenvalue weighted by Crippen LogP contribution is -2.43. The SMILES string of the molecule is C.CNC1CC(C)(C)CC(C)(CCC(=O)OC)C1. The molecule has 1 aliphatic rings. The minimum absolute atomic E-state index is 0. The van der Waals surface area contributed by atoms with E-state index in [2.05, 4.69) is 26.1 Å². The third-order valence-electron chi connectivity index (χ3n) is 4.01. The van der Waals surface area contributed by atoms with Crippen LogP contribution in [-0.2, 0) is 9.53 Å². The molecule has 0 aromatic heterocycles. The van der Waals surface area contributed by atoms with E-state index < -0.39 is 0 Å². The maximum Gasteiger partial charge on any atom is 0.305 e. The maximum absolute atomic E-state index is 11.3. The quantitative estimate of drug-likeness (QED) is 0.785. The van der Waals surface area contributed by atoms with Gasteiger partial charge in [-0.1, -0.05) is 28.2 Å². The Kier molecular flexibility index (Phi) is 6.35. The first-order chi connectivity index (χ1) is 7.80. The Bertz CT molecular complexity index is 276. The molecule has 0 aromatic carbocycles. The van der Waals surface area contributed by atoms with E-state index >= 15 is 0 Å². The van der Waals surface area contributed by atoms with Crippen LogP contribution in [0.15, 0.2) is 0 Å². The normalized spacial score (nSPS) is 30.4. The Balaban J connectivity index is 0.00000289. The van der Waals surface area contributed by atoms with Gasteiger partial charge in [-0.25, -0.2) is 0 Å². The lowest BCUT2D eigenvalue weighted by molar-refractivity contribution is -0.141. The van der Waals surface area contributed by atoms with Crippen LogP contribution in [0.3, 0.4) is 0 Å². The summed E-state index contributed by atoms with van der Waals surface area (Å²) in [5.74, 6) is -0.0874. The van der Waals surface area contributed by atoms with Crippen molar-refractivity contribution in [2.45, 2.75) is 66.3 Å². The summed E-state index contributed by atoms with van der Waals surface area (Å²) < 4.78 is 4.74. The van der Waals surface area contributed by atoms with E-state index in [1.807, 2.05) is 7.05 Å². The molecule has 2 atom stereocenters. The van der Waals surface area contributed by atoms with Gasteiger partial charge in [0.2, 0.25) is 0 Å². The lowest BCUT2D eigenvalue weighted by Gasteiger charge is -2.46. The first-order valence-electron chi connectivity index (χ1n) is 6.54. The monoisotopic (exact) mass is 257 g/mol. The smallest absolute Gasteiger partial charge is 0.305 e. The molecule has 108 valence electrons. The number of carbonyl (C=O) groups excluding carboxylic acids is 1. The predicted octanol–water partition coefficient (Wildman–Crippen LogP) is 3.38. The highest BCUT2D eigenvalue weighted by molar-refractivity contribution is 5.69. The molecule has 3 heteroatoms. The fourth-order valence-corrected chi connectivity index (χ4v) is 3.53. The minimum Gasteiger partial charge on any atom is -0.469 e. The highest BCUT2D eigenvalue weighted by Gasteiger charge is 2.40. The molecule has 1 fully saturated rings. The van der Waals surface area contributed by atoms with Gasteiger partial charge in [-0.05, 0) is 43.6 Å². The van der Waals surface area contributed by atoms with Gasteiger partial charge in [-0.15, -0.1) is 0 Å². The van der Waals surface area contributed by atoms with Crippen molar-refractivity contribution in [3.8, 4) is 0 Å².